The van der Waals surface area contributed by atoms with Gasteiger partial charge in [0.15, 0.2) is 5.82 Å². The lowest BCUT2D eigenvalue weighted by molar-refractivity contribution is 0.581. The average Bonchev–Trinajstić information content (AvgIpc) is 3.04. The maximum absolute atomic E-state index is 12.5. The number of benzene rings is 2. The largest absolute Gasteiger partial charge is 0.396 e. The molecule has 0 aliphatic heterocycles. The number of aromatic amines is 1. The highest BCUT2D eigenvalue weighted by Crippen LogP contribution is 2.30. The Kier molecular flexibility index (Phi) is 5.19. The topological polar surface area (TPSA) is 114 Å². The van der Waals surface area contributed by atoms with Gasteiger partial charge in [0.05, 0.1) is 20.6 Å². The molecular weight excluding hydrogens is 397 g/mol. The molecule has 0 aliphatic rings. The van der Waals surface area contributed by atoms with Crippen LogP contribution in [0, 0.1) is 6.92 Å². The Morgan fingerprint density at radius 1 is 1.19 bits per heavy atom. The number of hydrogen-bond donors (Lipinski definition) is 3. The molecule has 1 aromatic heterocycles. The lowest BCUT2D eigenvalue weighted by atomic mass is 10.1. The minimum Gasteiger partial charge on any atom is -0.396 e. The van der Waals surface area contributed by atoms with Crippen LogP contribution >= 0.6 is 23.2 Å². The average molecular weight is 412 g/mol. The molecule has 136 valence electrons. The summed E-state index contributed by atoms with van der Waals surface area (Å²) in [5.41, 5.74) is 7.31. The number of aryl methyl sites for hydroxylation is 1. The van der Waals surface area contributed by atoms with Crippen molar-refractivity contribution < 1.29 is 8.42 Å². The van der Waals surface area contributed by atoms with E-state index in [4.69, 9.17) is 28.9 Å². The smallest absolute Gasteiger partial charge is 0.240 e. The zero-order valence-electron chi connectivity index (χ0n) is 13.6. The number of nitrogen functional groups attached to an aromatic ring is 1. The van der Waals surface area contributed by atoms with Gasteiger partial charge in [0.1, 0.15) is 5.82 Å². The number of hydrogen-bond acceptors (Lipinski definition) is 5. The molecule has 0 radical (unpaired) electrons. The van der Waals surface area contributed by atoms with Crippen LogP contribution in [0.4, 0.5) is 5.69 Å². The van der Waals surface area contributed by atoms with E-state index in [2.05, 4.69) is 19.9 Å². The van der Waals surface area contributed by atoms with E-state index in [1.807, 2.05) is 18.2 Å². The van der Waals surface area contributed by atoms with Crippen molar-refractivity contribution in [3.63, 3.8) is 0 Å². The van der Waals surface area contributed by atoms with E-state index in [-0.39, 0.29) is 27.2 Å². The summed E-state index contributed by atoms with van der Waals surface area (Å²) in [7, 11) is -3.81. The fourth-order valence-electron chi connectivity index (χ4n) is 2.27. The minimum absolute atomic E-state index is 0.0533. The second-order valence-electron chi connectivity index (χ2n) is 5.57. The standard InChI is InChI=1S/C16H15Cl2N5O2S/c1-9-21-16(23-22-9)11-4-2-3-10(5-11)8-20-26(24,25)12-6-13(17)15(19)14(18)7-12/h2-7,20H,8,19H2,1H3,(H,21,22,23). The second-order valence-corrected chi connectivity index (χ2v) is 8.15. The fraction of sp³-hybridized carbons (Fsp3) is 0.125. The number of H-pyrrole nitrogens is 1. The number of nitrogens with two attached hydrogens (primary N) is 1. The first-order chi connectivity index (χ1) is 12.3. The number of halogens is 2. The maximum Gasteiger partial charge on any atom is 0.240 e. The van der Waals surface area contributed by atoms with Gasteiger partial charge in [-0.1, -0.05) is 41.4 Å². The molecule has 0 atom stereocenters. The van der Waals surface area contributed by atoms with Crippen molar-refractivity contribution in [1.29, 1.82) is 0 Å². The second kappa shape index (κ2) is 7.24. The summed E-state index contributed by atoms with van der Waals surface area (Å²) >= 11 is 11.8. The summed E-state index contributed by atoms with van der Waals surface area (Å²) in [6.45, 7) is 1.89. The Labute approximate surface area is 160 Å². The summed E-state index contributed by atoms with van der Waals surface area (Å²) in [5, 5.41) is 7.03. The molecular formula is C16H15Cl2N5O2S. The quantitative estimate of drug-likeness (QED) is 0.557. The molecule has 0 aliphatic carbocycles. The lowest BCUT2D eigenvalue weighted by Crippen LogP contribution is -2.23. The monoisotopic (exact) mass is 411 g/mol. The van der Waals surface area contributed by atoms with Crippen molar-refractivity contribution in [2.45, 2.75) is 18.4 Å². The van der Waals surface area contributed by atoms with Crippen LogP contribution in [0.3, 0.4) is 0 Å². The zero-order chi connectivity index (χ0) is 18.9. The van der Waals surface area contributed by atoms with Crippen LogP contribution in [0.25, 0.3) is 11.4 Å². The van der Waals surface area contributed by atoms with E-state index < -0.39 is 10.0 Å². The van der Waals surface area contributed by atoms with E-state index in [0.29, 0.717) is 11.6 Å². The molecule has 2 aromatic carbocycles. The van der Waals surface area contributed by atoms with Crippen LogP contribution in [0.2, 0.25) is 10.0 Å². The van der Waals surface area contributed by atoms with Crippen LogP contribution in [-0.4, -0.2) is 23.6 Å². The molecule has 26 heavy (non-hydrogen) atoms. The fourth-order valence-corrected chi connectivity index (χ4v) is 3.96. The van der Waals surface area contributed by atoms with Crippen molar-refractivity contribution in [1.82, 2.24) is 19.9 Å². The molecule has 3 aromatic rings. The van der Waals surface area contributed by atoms with Crippen molar-refractivity contribution >= 4 is 38.9 Å². The predicted octanol–water partition coefficient (Wildman–Crippen LogP) is 3.15. The van der Waals surface area contributed by atoms with Crippen LogP contribution < -0.4 is 10.5 Å². The molecule has 0 spiro atoms. The van der Waals surface area contributed by atoms with Crippen LogP contribution in [0.5, 0.6) is 0 Å². The van der Waals surface area contributed by atoms with Gasteiger partial charge in [-0.3, -0.25) is 5.10 Å². The maximum atomic E-state index is 12.5. The Hall–Kier alpha value is -2.13. The van der Waals surface area contributed by atoms with Crippen molar-refractivity contribution in [2.24, 2.45) is 0 Å². The number of aromatic nitrogens is 3. The van der Waals surface area contributed by atoms with Crippen LogP contribution in [0.1, 0.15) is 11.4 Å². The summed E-state index contributed by atoms with van der Waals surface area (Å²) < 4.78 is 27.5. The summed E-state index contributed by atoms with van der Waals surface area (Å²) in [5.74, 6) is 1.24. The highest BCUT2D eigenvalue weighted by molar-refractivity contribution is 7.89. The highest BCUT2D eigenvalue weighted by Gasteiger charge is 2.17. The first-order valence-corrected chi connectivity index (χ1v) is 9.72. The van der Waals surface area contributed by atoms with Gasteiger partial charge in [-0.25, -0.2) is 18.1 Å². The molecule has 0 bridgehead atoms. The van der Waals surface area contributed by atoms with Crippen molar-refractivity contribution in [3.05, 3.63) is 57.8 Å². The normalized spacial score (nSPS) is 11.7. The van der Waals surface area contributed by atoms with Gasteiger partial charge in [-0.15, -0.1) is 0 Å². The van der Waals surface area contributed by atoms with E-state index in [0.717, 1.165) is 11.1 Å². The minimum atomic E-state index is -3.81. The van der Waals surface area contributed by atoms with Crippen molar-refractivity contribution in [2.75, 3.05) is 5.73 Å². The highest BCUT2D eigenvalue weighted by atomic mass is 35.5. The van der Waals surface area contributed by atoms with Gasteiger partial charge >= 0.3 is 0 Å². The molecule has 0 fully saturated rings. The first kappa shape index (κ1) is 18.7. The van der Waals surface area contributed by atoms with E-state index >= 15 is 0 Å². The Morgan fingerprint density at radius 3 is 2.50 bits per heavy atom. The van der Waals surface area contributed by atoms with E-state index in [1.165, 1.54) is 12.1 Å². The summed E-state index contributed by atoms with van der Waals surface area (Å²) in [6, 6.07) is 9.79. The number of nitrogens with one attached hydrogen (secondary N) is 2. The molecule has 3 rings (SSSR count). The Bertz CT molecular complexity index is 1040. The number of anilines is 1. The zero-order valence-corrected chi connectivity index (χ0v) is 16.0. The van der Waals surface area contributed by atoms with Gasteiger partial charge < -0.3 is 5.73 Å². The lowest BCUT2D eigenvalue weighted by Gasteiger charge is -2.10. The first-order valence-electron chi connectivity index (χ1n) is 7.49. The summed E-state index contributed by atoms with van der Waals surface area (Å²) in [6.07, 6.45) is 0. The molecule has 0 unspecified atom stereocenters. The third-order valence-electron chi connectivity index (χ3n) is 3.61. The molecule has 7 nitrogen and oxygen atoms in total. The molecule has 1 heterocycles. The van der Waals surface area contributed by atoms with Gasteiger partial charge in [0.25, 0.3) is 0 Å². The molecule has 0 saturated carbocycles. The van der Waals surface area contributed by atoms with Crippen LogP contribution in [0.15, 0.2) is 41.3 Å². The number of rotatable bonds is 5. The van der Waals surface area contributed by atoms with E-state index in [9.17, 15) is 8.42 Å². The molecule has 10 heteroatoms. The summed E-state index contributed by atoms with van der Waals surface area (Å²) in [4.78, 5) is 4.21. The predicted molar refractivity (Wildman–Crippen MR) is 101 cm³/mol. The number of nitrogens with zero attached hydrogens (tertiary/aromatic N) is 2. The molecule has 0 amide bonds. The third kappa shape index (κ3) is 3.99. The van der Waals surface area contributed by atoms with Gasteiger partial charge in [0.2, 0.25) is 10.0 Å². The molecule has 4 N–H and O–H groups in total. The molecule has 0 saturated heterocycles. The van der Waals surface area contributed by atoms with Crippen LogP contribution in [-0.2, 0) is 16.6 Å². The van der Waals surface area contributed by atoms with Gasteiger partial charge in [-0.05, 0) is 30.7 Å². The van der Waals surface area contributed by atoms with E-state index in [1.54, 1.807) is 13.0 Å². The SMILES string of the molecule is Cc1nc(-c2cccc(CNS(=O)(=O)c3cc(Cl)c(N)c(Cl)c3)c2)n[nH]1. The Balaban J connectivity index is 1.80. The van der Waals surface area contributed by atoms with Crippen molar-refractivity contribution in [3.8, 4) is 11.4 Å². The number of sulfonamides is 1. The Morgan fingerprint density at radius 2 is 1.88 bits per heavy atom. The van der Waals surface area contributed by atoms with Gasteiger partial charge in [-0.2, -0.15) is 5.10 Å². The third-order valence-corrected chi connectivity index (χ3v) is 5.62. The van der Waals surface area contributed by atoms with Gasteiger partial charge in [0, 0.05) is 12.1 Å².